The van der Waals surface area contributed by atoms with Crippen molar-refractivity contribution in [1.29, 1.82) is 0 Å². The predicted molar refractivity (Wildman–Crippen MR) is 79.8 cm³/mol. The molecule has 1 rings (SSSR count). The van der Waals surface area contributed by atoms with Crippen LogP contribution in [-0.4, -0.2) is 22.9 Å². The van der Waals surface area contributed by atoms with E-state index in [0.29, 0.717) is 6.42 Å². The van der Waals surface area contributed by atoms with Crippen LogP contribution in [0.15, 0.2) is 5.10 Å². The van der Waals surface area contributed by atoms with Gasteiger partial charge in [0, 0.05) is 12.1 Å². The Labute approximate surface area is 120 Å². The van der Waals surface area contributed by atoms with Gasteiger partial charge in [-0.05, 0) is 38.4 Å². The highest BCUT2D eigenvalue weighted by atomic mass is 32.1. The average Bonchev–Trinajstić information content (AvgIpc) is 2.68. The number of thiocarbonyl (C=S) groups is 1. The van der Waals surface area contributed by atoms with Crippen molar-refractivity contribution in [3.8, 4) is 0 Å². The molecule has 6 heteroatoms. The van der Waals surface area contributed by atoms with Crippen molar-refractivity contribution >= 4 is 29.0 Å². The van der Waals surface area contributed by atoms with Gasteiger partial charge in [0.25, 0.3) is 0 Å². The van der Waals surface area contributed by atoms with Crippen LogP contribution >= 0.6 is 12.2 Å². The van der Waals surface area contributed by atoms with Crippen LogP contribution in [0.2, 0.25) is 0 Å². The van der Waals surface area contributed by atoms with E-state index >= 15 is 0 Å². The summed E-state index contributed by atoms with van der Waals surface area (Å²) in [6.45, 7) is 4.02. The van der Waals surface area contributed by atoms with Gasteiger partial charge in [-0.1, -0.05) is 19.8 Å². The molecular formula is C13H23N3O2S. The van der Waals surface area contributed by atoms with Crippen molar-refractivity contribution in [2.24, 2.45) is 16.8 Å². The number of nitrogens with one attached hydrogen (secondary N) is 1. The van der Waals surface area contributed by atoms with Gasteiger partial charge in [0.05, 0.1) is 5.92 Å². The van der Waals surface area contributed by atoms with Gasteiger partial charge in [0.2, 0.25) is 0 Å². The van der Waals surface area contributed by atoms with Gasteiger partial charge in [0.15, 0.2) is 5.11 Å². The molecule has 0 aromatic rings. The lowest BCUT2D eigenvalue weighted by molar-refractivity contribution is -0.144. The summed E-state index contributed by atoms with van der Waals surface area (Å²) < 4.78 is 5.38. The summed E-state index contributed by atoms with van der Waals surface area (Å²) in [6, 6.07) is 0. The number of hydrazone groups is 1. The fourth-order valence-corrected chi connectivity index (χ4v) is 2.29. The summed E-state index contributed by atoms with van der Waals surface area (Å²) in [5.41, 5.74) is 8.63. The highest BCUT2D eigenvalue weighted by molar-refractivity contribution is 7.80. The van der Waals surface area contributed by atoms with Crippen LogP contribution in [0, 0.1) is 5.92 Å². The van der Waals surface area contributed by atoms with Crippen molar-refractivity contribution in [2.75, 3.05) is 0 Å². The van der Waals surface area contributed by atoms with Gasteiger partial charge >= 0.3 is 5.97 Å². The fraction of sp³-hybridized carbons (Fsp3) is 0.769. The van der Waals surface area contributed by atoms with Crippen LogP contribution in [0.25, 0.3) is 0 Å². The molecule has 0 bridgehead atoms. The maximum atomic E-state index is 11.7. The number of unbranched alkanes of at least 4 members (excludes halogenated alkanes) is 2. The Morgan fingerprint density at radius 2 is 2.32 bits per heavy atom. The van der Waals surface area contributed by atoms with Gasteiger partial charge in [-0.2, -0.15) is 5.10 Å². The monoisotopic (exact) mass is 285 g/mol. The summed E-state index contributed by atoms with van der Waals surface area (Å²) in [7, 11) is 0. The van der Waals surface area contributed by atoms with Crippen molar-refractivity contribution in [2.45, 2.75) is 58.5 Å². The molecule has 2 atom stereocenters. The van der Waals surface area contributed by atoms with E-state index in [1.807, 2.05) is 6.92 Å². The second-order valence-electron chi connectivity index (χ2n) is 5.01. The van der Waals surface area contributed by atoms with Crippen LogP contribution in [0.1, 0.15) is 52.4 Å². The smallest absolute Gasteiger partial charge is 0.309 e. The number of cyclic esters (lactones) is 1. The molecule has 0 aromatic carbocycles. The summed E-state index contributed by atoms with van der Waals surface area (Å²) >= 11 is 4.67. The van der Waals surface area contributed by atoms with Crippen LogP contribution in [0.5, 0.6) is 0 Å². The van der Waals surface area contributed by atoms with Crippen molar-refractivity contribution in [3.05, 3.63) is 0 Å². The third-order valence-electron chi connectivity index (χ3n) is 3.19. The molecule has 0 aliphatic carbocycles. The second-order valence-corrected chi connectivity index (χ2v) is 5.45. The number of hydrogen-bond donors (Lipinski definition) is 2. The van der Waals surface area contributed by atoms with Gasteiger partial charge < -0.3 is 10.5 Å². The van der Waals surface area contributed by atoms with E-state index in [9.17, 15) is 4.79 Å². The third kappa shape index (κ3) is 6.00. The molecule has 0 aromatic heterocycles. The minimum atomic E-state index is -0.105. The number of hydrogen-bond acceptors (Lipinski definition) is 4. The summed E-state index contributed by atoms with van der Waals surface area (Å²) in [4.78, 5) is 11.7. The quantitative estimate of drug-likeness (QED) is 0.246. The summed E-state index contributed by atoms with van der Waals surface area (Å²) in [5.74, 6) is -0.185. The van der Waals surface area contributed by atoms with E-state index in [-0.39, 0.29) is 23.1 Å². The zero-order valence-corrected chi connectivity index (χ0v) is 12.5. The number of rotatable bonds is 7. The first kappa shape index (κ1) is 15.9. The number of esters is 1. The molecule has 0 saturated carbocycles. The van der Waals surface area contributed by atoms with E-state index in [0.717, 1.165) is 25.0 Å². The van der Waals surface area contributed by atoms with E-state index in [1.165, 1.54) is 12.8 Å². The molecule has 5 nitrogen and oxygen atoms in total. The Morgan fingerprint density at radius 3 is 2.95 bits per heavy atom. The molecule has 19 heavy (non-hydrogen) atoms. The van der Waals surface area contributed by atoms with Crippen LogP contribution in [0.4, 0.5) is 0 Å². The number of carbonyl (C=O) groups is 1. The molecule has 1 saturated heterocycles. The first-order valence-electron chi connectivity index (χ1n) is 6.82. The highest BCUT2D eigenvalue weighted by Crippen LogP contribution is 2.27. The molecule has 0 amide bonds. The molecule has 1 aliphatic rings. The Hall–Kier alpha value is -1.17. The Balaban J connectivity index is 2.36. The molecule has 1 fully saturated rings. The molecule has 3 N–H and O–H groups in total. The van der Waals surface area contributed by atoms with Crippen LogP contribution in [-0.2, 0) is 9.53 Å². The lowest BCUT2D eigenvalue weighted by Gasteiger charge is -2.07. The van der Waals surface area contributed by atoms with Crippen molar-refractivity contribution in [3.63, 3.8) is 0 Å². The molecule has 2 unspecified atom stereocenters. The van der Waals surface area contributed by atoms with Crippen molar-refractivity contribution < 1.29 is 9.53 Å². The molecule has 0 spiro atoms. The average molecular weight is 285 g/mol. The first-order chi connectivity index (χ1) is 9.02. The minimum absolute atomic E-state index is 0.0801. The summed E-state index contributed by atoms with van der Waals surface area (Å²) in [5, 5.41) is 4.15. The topological polar surface area (TPSA) is 76.7 Å². The molecule has 108 valence electrons. The van der Waals surface area contributed by atoms with E-state index < -0.39 is 0 Å². The summed E-state index contributed by atoms with van der Waals surface area (Å²) in [6.07, 6.45) is 5.94. The van der Waals surface area contributed by atoms with Crippen LogP contribution in [0.3, 0.4) is 0 Å². The molecule has 0 radical (unpaired) electrons. The standard InChI is InChI=1S/C13H23N3O2S/c1-3-4-5-6-11-8-10(12(17)18-11)7-9(2)15-16-13(14)19/h10-11H,3-8H2,1-2H3,(H3,14,16,19). The number of carbonyl (C=O) groups excluding carboxylic acids is 1. The molecule has 1 aliphatic heterocycles. The molecular weight excluding hydrogens is 262 g/mol. The van der Waals surface area contributed by atoms with Crippen molar-refractivity contribution in [1.82, 2.24) is 5.43 Å². The zero-order chi connectivity index (χ0) is 14.3. The van der Waals surface area contributed by atoms with E-state index in [1.54, 1.807) is 0 Å². The lowest BCUT2D eigenvalue weighted by Crippen LogP contribution is -2.25. The number of nitrogens with zero attached hydrogens (tertiary/aromatic N) is 1. The largest absolute Gasteiger partial charge is 0.462 e. The van der Waals surface area contributed by atoms with E-state index in [2.05, 4.69) is 29.7 Å². The Kier molecular flexibility index (Phi) is 6.77. The predicted octanol–water partition coefficient (Wildman–Crippen LogP) is 2.10. The first-order valence-corrected chi connectivity index (χ1v) is 7.22. The highest BCUT2D eigenvalue weighted by Gasteiger charge is 2.34. The normalized spacial score (nSPS) is 23.3. The van der Waals surface area contributed by atoms with Gasteiger partial charge in [-0.15, -0.1) is 0 Å². The zero-order valence-electron chi connectivity index (χ0n) is 11.6. The van der Waals surface area contributed by atoms with Gasteiger partial charge in [0.1, 0.15) is 6.10 Å². The van der Waals surface area contributed by atoms with Crippen LogP contribution < -0.4 is 11.2 Å². The maximum Gasteiger partial charge on any atom is 0.309 e. The minimum Gasteiger partial charge on any atom is -0.462 e. The third-order valence-corrected chi connectivity index (χ3v) is 3.28. The maximum absolute atomic E-state index is 11.7. The SMILES string of the molecule is CCCCCC1CC(CC(C)=NNC(N)=S)C(=O)O1. The van der Waals surface area contributed by atoms with Gasteiger partial charge in [-0.3, -0.25) is 10.2 Å². The fourth-order valence-electron chi connectivity index (χ4n) is 2.24. The second kappa shape index (κ2) is 8.09. The Bertz CT molecular complexity index is 358. The number of nitrogens with two attached hydrogens (primary N) is 1. The number of ether oxygens (including phenoxy) is 1. The Morgan fingerprint density at radius 1 is 1.58 bits per heavy atom. The van der Waals surface area contributed by atoms with Gasteiger partial charge in [-0.25, -0.2) is 0 Å². The lowest BCUT2D eigenvalue weighted by atomic mass is 9.97. The van der Waals surface area contributed by atoms with E-state index in [4.69, 9.17) is 10.5 Å². The molecule has 1 heterocycles.